The Balaban J connectivity index is 3.30. The average Bonchev–Trinajstić information content (AvgIpc) is 2.25. The van der Waals surface area contributed by atoms with Gasteiger partial charge in [-0.2, -0.15) is 0 Å². The number of hydrogen-bond acceptors (Lipinski definition) is 2. The van der Waals surface area contributed by atoms with Gasteiger partial charge in [0.2, 0.25) is 9.05 Å². The Bertz CT molecular complexity index is 435. The van der Waals surface area contributed by atoms with Crippen molar-refractivity contribution in [1.29, 1.82) is 0 Å². The summed E-state index contributed by atoms with van der Waals surface area (Å²) in [5, 5.41) is -0.448. The van der Waals surface area contributed by atoms with Gasteiger partial charge in [0.05, 0.1) is 5.25 Å². The quantitative estimate of drug-likeness (QED) is 0.568. The second kappa shape index (κ2) is 6.17. The summed E-state index contributed by atoms with van der Waals surface area (Å²) in [7, 11) is 2.22. The van der Waals surface area contributed by atoms with Crippen molar-refractivity contribution in [2.24, 2.45) is 29.6 Å². The topological polar surface area (TPSA) is 34.1 Å². The highest BCUT2D eigenvalue weighted by Crippen LogP contribution is 2.43. The maximum atomic E-state index is 12.0. The van der Waals surface area contributed by atoms with Gasteiger partial charge in [-0.3, -0.25) is 0 Å². The molecule has 1 unspecified atom stereocenters. The van der Waals surface area contributed by atoms with Crippen molar-refractivity contribution >= 4 is 19.7 Å². The van der Waals surface area contributed by atoms with E-state index >= 15 is 0 Å². The number of rotatable bonds is 4. The fraction of sp³-hybridized carbons (Fsp3) is 0.867. The lowest BCUT2D eigenvalue weighted by Gasteiger charge is -2.40. The van der Waals surface area contributed by atoms with Crippen LogP contribution in [0.15, 0.2) is 11.6 Å². The van der Waals surface area contributed by atoms with Crippen LogP contribution in [0.3, 0.4) is 0 Å². The van der Waals surface area contributed by atoms with Gasteiger partial charge >= 0.3 is 0 Å². The van der Waals surface area contributed by atoms with Crippen LogP contribution in [0.2, 0.25) is 0 Å². The highest BCUT2D eigenvalue weighted by molar-refractivity contribution is 8.14. The monoisotopic (exact) mass is 306 g/mol. The van der Waals surface area contributed by atoms with E-state index in [0.29, 0.717) is 11.8 Å². The SMILES string of the molecule is CC(C)C1=C[C@H](C(C)C)C(S(=O)(=O)Cl)[C@H](C(C)C)C1. The molecule has 0 heterocycles. The molecular weight excluding hydrogens is 280 g/mol. The Morgan fingerprint density at radius 2 is 1.63 bits per heavy atom. The van der Waals surface area contributed by atoms with Gasteiger partial charge in [0.25, 0.3) is 0 Å². The van der Waals surface area contributed by atoms with Crippen LogP contribution in [0.4, 0.5) is 0 Å². The Labute approximate surface area is 123 Å². The molecular formula is C15H27ClO2S. The van der Waals surface area contributed by atoms with Crippen molar-refractivity contribution in [3.8, 4) is 0 Å². The molecule has 0 amide bonds. The molecule has 2 nitrogen and oxygen atoms in total. The molecule has 0 N–H and O–H groups in total. The van der Waals surface area contributed by atoms with E-state index in [2.05, 4.69) is 47.6 Å². The summed E-state index contributed by atoms with van der Waals surface area (Å²) in [6.07, 6.45) is 3.04. The van der Waals surface area contributed by atoms with Crippen LogP contribution in [0, 0.1) is 29.6 Å². The molecule has 0 bridgehead atoms. The average molecular weight is 307 g/mol. The normalized spacial score (nSPS) is 29.2. The molecule has 1 rings (SSSR count). The predicted octanol–water partition coefficient (Wildman–Crippen LogP) is 4.45. The third-order valence-corrected chi connectivity index (χ3v) is 6.30. The molecule has 0 fully saturated rings. The third-order valence-electron chi connectivity index (χ3n) is 4.37. The molecule has 112 valence electrons. The van der Waals surface area contributed by atoms with Gasteiger partial charge in [0, 0.05) is 10.7 Å². The van der Waals surface area contributed by atoms with E-state index in [4.69, 9.17) is 10.7 Å². The first-order chi connectivity index (χ1) is 8.55. The van der Waals surface area contributed by atoms with Gasteiger partial charge in [0.1, 0.15) is 0 Å². The van der Waals surface area contributed by atoms with Gasteiger partial charge in [0.15, 0.2) is 0 Å². The number of halogens is 1. The third kappa shape index (κ3) is 3.98. The summed E-state index contributed by atoms with van der Waals surface area (Å²) in [5.74, 6) is 1.23. The van der Waals surface area contributed by atoms with Crippen molar-refractivity contribution in [2.45, 2.75) is 53.2 Å². The second-order valence-electron chi connectivity index (χ2n) is 6.77. The fourth-order valence-electron chi connectivity index (χ4n) is 3.10. The number of allylic oxidation sites excluding steroid dienone is 2. The first-order valence-electron chi connectivity index (χ1n) is 7.19. The Kier molecular flexibility index (Phi) is 5.53. The lowest BCUT2D eigenvalue weighted by Crippen LogP contribution is -2.42. The van der Waals surface area contributed by atoms with E-state index in [1.807, 2.05) is 0 Å². The van der Waals surface area contributed by atoms with Crippen molar-refractivity contribution < 1.29 is 8.42 Å². The van der Waals surface area contributed by atoms with Gasteiger partial charge in [-0.1, -0.05) is 53.2 Å². The van der Waals surface area contributed by atoms with Gasteiger partial charge in [-0.05, 0) is 36.0 Å². The Hall–Kier alpha value is -0.0200. The summed E-state index contributed by atoms with van der Waals surface area (Å²) < 4.78 is 24.1. The molecule has 3 atom stereocenters. The van der Waals surface area contributed by atoms with E-state index in [1.54, 1.807) is 0 Å². The second-order valence-corrected chi connectivity index (χ2v) is 9.56. The van der Waals surface area contributed by atoms with Crippen molar-refractivity contribution in [2.75, 3.05) is 0 Å². The first-order valence-corrected chi connectivity index (χ1v) is 9.57. The van der Waals surface area contributed by atoms with Crippen molar-refractivity contribution in [1.82, 2.24) is 0 Å². The minimum atomic E-state index is -3.54. The van der Waals surface area contributed by atoms with Crippen molar-refractivity contribution in [3.05, 3.63) is 11.6 Å². The molecule has 4 heteroatoms. The zero-order valence-corrected chi connectivity index (χ0v) is 14.4. The zero-order chi connectivity index (χ0) is 15.0. The minimum absolute atomic E-state index is 0.0287. The molecule has 0 saturated carbocycles. The van der Waals surface area contributed by atoms with Crippen LogP contribution in [0.25, 0.3) is 0 Å². The summed E-state index contributed by atoms with van der Waals surface area (Å²) in [5.41, 5.74) is 1.38. The largest absolute Gasteiger partial charge is 0.236 e. The van der Waals surface area contributed by atoms with E-state index < -0.39 is 14.3 Å². The molecule has 1 aliphatic rings. The Morgan fingerprint density at radius 1 is 1.11 bits per heavy atom. The predicted molar refractivity (Wildman–Crippen MR) is 82.8 cm³/mol. The summed E-state index contributed by atoms with van der Waals surface area (Å²) in [4.78, 5) is 0. The van der Waals surface area contributed by atoms with Crippen LogP contribution in [0.5, 0.6) is 0 Å². The highest BCUT2D eigenvalue weighted by Gasteiger charge is 2.43. The van der Waals surface area contributed by atoms with Crippen LogP contribution in [0.1, 0.15) is 48.0 Å². The Morgan fingerprint density at radius 3 is 1.95 bits per heavy atom. The maximum absolute atomic E-state index is 12.0. The smallest absolute Gasteiger partial charge is 0.212 e. The van der Waals surface area contributed by atoms with E-state index in [-0.39, 0.29) is 17.8 Å². The van der Waals surface area contributed by atoms with E-state index in [9.17, 15) is 8.42 Å². The van der Waals surface area contributed by atoms with Crippen LogP contribution < -0.4 is 0 Å². The fourth-order valence-corrected chi connectivity index (χ4v) is 5.44. The van der Waals surface area contributed by atoms with Gasteiger partial charge < -0.3 is 0 Å². The van der Waals surface area contributed by atoms with Crippen LogP contribution in [-0.2, 0) is 9.05 Å². The molecule has 0 saturated heterocycles. The van der Waals surface area contributed by atoms with E-state index in [0.717, 1.165) is 6.42 Å². The highest BCUT2D eigenvalue weighted by atomic mass is 35.7. The van der Waals surface area contributed by atoms with E-state index in [1.165, 1.54) is 5.57 Å². The lowest BCUT2D eigenvalue weighted by molar-refractivity contribution is 0.263. The molecule has 0 spiro atoms. The van der Waals surface area contributed by atoms with Gasteiger partial charge in [-0.15, -0.1) is 0 Å². The molecule has 1 aliphatic carbocycles. The zero-order valence-electron chi connectivity index (χ0n) is 12.9. The van der Waals surface area contributed by atoms with Crippen LogP contribution in [-0.4, -0.2) is 13.7 Å². The molecule has 0 aromatic carbocycles. The minimum Gasteiger partial charge on any atom is -0.212 e. The standard InChI is InChI=1S/C15H27ClO2S/c1-9(2)12-7-13(10(3)4)15(19(16,17)18)14(8-12)11(5)6/h7,9-11,13-15H,8H2,1-6H3/t13-,14+,15?/m1/s1. The molecule has 19 heavy (non-hydrogen) atoms. The van der Waals surface area contributed by atoms with Crippen LogP contribution >= 0.6 is 10.7 Å². The van der Waals surface area contributed by atoms with Crippen molar-refractivity contribution in [3.63, 3.8) is 0 Å². The molecule has 0 radical (unpaired) electrons. The first kappa shape index (κ1) is 17.0. The van der Waals surface area contributed by atoms with Gasteiger partial charge in [-0.25, -0.2) is 8.42 Å². The summed E-state index contributed by atoms with van der Waals surface area (Å²) in [6, 6.07) is 0. The molecule has 0 aliphatic heterocycles. The maximum Gasteiger partial charge on any atom is 0.236 e. The summed E-state index contributed by atoms with van der Waals surface area (Å²) in [6.45, 7) is 12.7. The summed E-state index contributed by atoms with van der Waals surface area (Å²) >= 11 is 0. The molecule has 0 aromatic rings. The number of hydrogen-bond donors (Lipinski definition) is 0. The molecule has 0 aromatic heterocycles. The lowest BCUT2D eigenvalue weighted by atomic mass is 9.71.